The van der Waals surface area contributed by atoms with Crippen LogP contribution in [0, 0.1) is 6.92 Å². The summed E-state index contributed by atoms with van der Waals surface area (Å²) in [6, 6.07) is 27.4. The lowest BCUT2D eigenvalue weighted by molar-refractivity contribution is 0.296. The third-order valence-electron chi connectivity index (χ3n) is 6.53. The summed E-state index contributed by atoms with van der Waals surface area (Å²) in [6.45, 7) is 5.02. The van der Waals surface area contributed by atoms with E-state index in [0.717, 1.165) is 42.9 Å². The summed E-state index contributed by atoms with van der Waals surface area (Å²) in [5, 5.41) is 3.56. The highest BCUT2D eigenvalue weighted by Gasteiger charge is 2.23. The Labute approximate surface area is 203 Å². The molecule has 2 atom stereocenters. The second-order valence-electron chi connectivity index (χ2n) is 8.72. The molecular formula is C29H29NOS2. The molecule has 1 aliphatic rings. The summed E-state index contributed by atoms with van der Waals surface area (Å²) in [7, 11) is -1.07. The molecule has 1 aromatic heterocycles. The Morgan fingerprint density at radius 2 is 1.79 bits per heavy atom. The van der Waals surface area contributed by atoms with E-state index in [1.165, 1.54) is 26.8 Å². The fourth-order valence-electron chi connectivity index (χ4n) is 4.63. The average molecular weight is 472 g/mol. The van der Waals surface area contributed by atoms with Gasteiger partial charge in [0.25, 0.3) is 0 Å². The van der Waals surface area contributed by atoms with Gasteiger partial charge in [-0.3, -0.25) is 9.11 Å². The van der Waals surface area contributed by atoms with Crippen molar-refractivity contribution in [2.45, 2.75) is 29.9 Å². The minimum absolute atomic E-state index is 0.00108. The van der Waals surface area contributed by atoms with Crippen molar-refractivity contribution < 1.29 is 4.21 Å². The Morgan fingerprint density at radius 1 is 0.970 bits per heavy atom. The van der Waals surface area contributed by atoms with Gasteiger partial charge in [0, 0.05) is 22.7 Å². The van der Waals surface area contributed by atoms with Crippen LogP contribution in [0.2, 0.25) is 0 Å². The van der Waals surface area contributed by atoms with E-state index < -0.39 is 10.8 Å². The van der Waals surface area contributed by atoms with Gasteiger partial charge in [-0.15, -0.1) is 11.3 Å². The van der Waals surface area contributed by atoms with Gasteiger partial charge in [-0.05, 0) is 78.0 Å². The Balaban J connectivity index is 1.29. The normalized spacial score (nSPS) is 16.5. The number of nitrogens with zero attached hydrogens (tertiary/aromatic N) is 1. The molecule has 2 heterocycles. The van der Waals surface area contributed by atoms with Crippen molar-refractivity contribution in [2.75, 3.05) is 19.6 Å². The maximum absolute atomic E-state index is 13.5. The standard InChI is InChI=1S/C29H29NOS2/c1-22-10-12-25(13-11-22)33(31)29(24-6-3-2-4-7-24)16-20-30-18-14-23(15-19-30)26-8-5-9-28-27(26)17-21-32-28/h2-14,17,21,29H,15-16,18-20H2,1H3. The molecule has 33 heavy (non-hydrogen) atoms. The van der Waals surface area contributed by atoms with Crippen LogP contribution in [-0.4, -0.2) is 28.7 Å². The van der Waals surface area contributed by atoms with Crippen LogP contribution in [0.15, 0.2) is 95.2 Å². The van der Waals surface area contributed by atoms with Gasteiger partial charge in [0.05, 0.1) is 16.0 Å². The zero-order valence-corrected chi connectivity index (χ0v) is 20.6. The molecule has 0 amide bonds. The van der Waals surface area contributed by atoms with Crippen LogP contribution in [0.5, 0.6) is 0 Å². The quantitative estimate of drug-likeness (QED) is 0.283. The van der Waals surface area contributed by atoms with Gasteiger partial charge < -0.3 is 0 Å². The number of hydrogen-bond acceptors (Lipinski definition) is 3. The van der Waals surface area contributed by atoms with E-state index in [1.807, 2.05) is 29.5 Å². The SMILES string of the molecule is Cc1ccc(S(=O)C(CCN2CC=C(c3cccc4sccc34)CC2)c2ccccc2)cc1. The Hall–Kier alpha value is -2.53. The van der Waals surface area contributed by atoms with Crippen LogP contribution in [0.3, 0.4) is 0 Å². The minimum atomic E-state index is -1.07. The van der Waals surface area contributed by atoms with Crippen LogP contribution in [0.4, 0.5) is 0 Å². The zero-order valence-electron chi connectivity index (χ0n) is 18.9. The molecule has 0 fully saturated rings. The highest BCUT2D eigenvalue weighted by Crippen LogP contribution is 2.33. The third kappa shape index (κ3) is 5.03. The van der Waals surface area contributed by atoms with E-state index in [2.05, 4.69) is 83.9 Å². The second-order valence-corrected chi connectivity index (χ2v) is 11.3. The summed E-state index contributed by atoms with van der Waals surface area (Å²) >= 11 is 1.81. The Kier molecular flexibility index (Phi) is 6.86. The molecule has 0 radical (unpaired) electrons. The number of benzene rings is 3. The lowest BCUT2D eigenvalue weighted by Gasteiger charge is -2.28. The predicted molar refractivity (Wildman–Crippen MR) is 142 cm³/mol. The molecule has 5 rings (SSSR count). The minimum Gasteiger partial charge on any atom is -0.299 e. The largest absolute Gasteiger partial charge is 0.299 e. The van der Waals surface area contributed by atoms with Crippen molar-refractivity contribution in [2.24, 2.45) is 0 Å². The number of aryl methyl sites for hydroxylation is 1. The molecule has 0 spiro atoms. The van der Waals surface area contributed by atoms with Crippen molar-refractivity contribution >= 4 is 37.8 Å². The van der Waals surface area contributed by atoms with Gasteiger partial charge in [0.2, 0.25) is 0 Å². The molecule has 0 saturated carbocycles. The lowest BCUT2D eigenvalue weighted by Crippen LogP contribution is -2.30. The number of hydrogen-bond donors (Lipinski definition) is 0. The fourth-order valence-corrected chi connectivity index (χ4v) is 6.90. The van der Waals surface area contributed by atoms with Crippen LogP contribution in [0.25, 0.3) is 15.7 Å². The smallest absolute Gasteiger partial charge is 0.0656 e. The third-order valence-corrected chi connectivity index (χ3v) is 9.17. The van der Waals surface area contributed by atoms with Crippen LogP contribution < -0.4 is 0 Å². The molecular weight excluding hydrogens is 442 g/mol. The van der Waals surface area contributed by atoms with Crippen molar-refractivity contribution in [3.05, 3.63) is 107 Å². The highest BCUT2D eigenvalue weighted by atomic mass is 32.2. The van der Waals surface area contributed by atoms with Crippen molar-refractivity contribution in [1.29, 1.82) is 0 Å². The molecule has 168 valence electrons. The molecule has 1 aliphatic heterocycles. The summed E-state index contributed by atoms with van der Waals surface area (Å²) in [5.74, 6) is 0. The molecule has 0 N–H and O–H groups in total. The van der Waals surface area contributed by atoms with Crippen molar-refractivity contribution in [3.8, 4) is 0 Å². The van der Waals surface area contributed by atoms with E-state index in [9.17, 15) is 4.21 Å². The monoisotopic (exact) mass is 471 g/mol. The first-order valence-corrected chi connectivity index (χ1v) is 13.7. The highest BCUT2D eigenvalue weighted by molar-refractivity contribution is 7.85. The Morgan fingerprint density at radius 3 is 2.55 bits per heavy atom. The molecule has 2 unspecified atom stereocenters. The van der Waals surface area contributed by atoms with Gasteiger partial charge >= 0.3 is 0 Å². The van der Waals surface area contributed by atoms with E-state index in [-0.39, 0.29) is 5.25 Å². The molecule has 0 bridgehead atoms. The number of fused-ring (bicyclic) bond motifs is 1. The Bertz CT molecular complexity index is 1270. The van der Waals surface area contributed by atoms with E-state index >= 15 is 0 Å². The van der Waals surface area contributed by atoms with Crippen LogP contribution in [-0.2, 0) is 10.8 Å². The van der Waals surface area contributed by atoms with E-state index in [0.29, 0.717) is 0 Å². The fraction of sp³-hybridized carbons (Fsp3) is 0.241. The van der Waals surface area contributed by atoms with Gasteiger partial charge in [-0.2, -0.15) is 0 Å². The van der Waals surface area contributed by atoms with E-state index in [1.54, 1.807) is 0 Å². The first-order chi connectivity index (χ1) is 16.2. The molecule has 0 aliphatic carbocycles. The summed E-state index contributed by atoms with van der Waals surface area (Å²) < 4.78 is 14.9. The second kappa shape index (κ2) is 10.2. The van der Waals surface area contributed by atoms with Gasteiger partial charge in [0.1, 0.15) is 0 Å². The van der Waals surface area contributed by atoms with E-state index in [4.69, 9.17) is 0 Å². The lowest BCUT2D eigenvalue weighted by atomic mass is 9.96. The molecule has 4 aromatic rings. The summed E-state index contributed by atoms with van der Waals surface area (Å²) in [4.78, 5) is 3.42. The first kappa shape index (κ1) is 22.3. The molecule has 3 aromatic carbocycles. The van der Waals surface area contributed by atoms with Gasteiger partial charge in [-0.1, -0.05) is 66.2 Å². The number of rotatable bonds is 7. The average Bonchev–Trinajstić information content (AvgIpc) is 3.35. The zero-order chi connectivity index (χ0) is 22.6. The van der Waals surface area contributed by atoms with Gasteiger partial charge in [-0.25, -0.2) is 0 Å². The number of thiophene rings is 1. The van der Waals surface area contributed by atoms with Crippen molar-refractivity contribution in [1.82, 2.24) is 4.90 Å². The topological polar surface area (TPSA) is 20.3 Å². The molecule has 2 nitrogen and oxygen atoms in total. The van der Waals surface area contributed by atoms with Gasteiger partial charge in [0.15, 0.2) is 0 Å². The maximum Gasteiger partial charge on any atom is 0.0656 e. The summed E-state index contributed by atoms with van der Waals surface area (Å²) in [6.07, 6.45) is 4.34. The predicted octanol–water partition coefficient (Wildman–Crippen LogP) is 7.24. The molecule has 0 saturated heterocycles. The maximum atomic E-state index is 13.5. The van der Waals surface area contributed by atoms with Crippen LogP contribution in [0.1, 0.15) is 34.8 Å². The first-order valence-electron chi connectivity index (χ1n) is 11.6. The molecule has 4 heteroatoms. The summed E-state index contributed by atoms with van der Waals surface area (Å²) in [5.41, 5.74) is 5.20. The van der Waals surface area contributed by atoms with Crippen molar-refractivity contribution in [3.63, 3.8) is 0 Å². The van der Waals surface area contributed by atoms with Crippen LogP contribution >= 0.6 is 11.3 Å².